The number of aliphatic hydroxyl groups excluding tert-OH is 1. The first-order valence-electron chi connectivity index (χ1n) is 9.73. The monoisotopic (exact) mass is 461 g/mol. The highest BCUT2D eigenvalue weighted by molar-refractivity contribution is 6.30. The lowest BCUT2D eigenvalue weighted by Crippen LogP contribution is -2.47. The quantitative estimate of drug-likeness (QED) is 0.419. The van der Waals surface area contributed by atoms with Crippen molar-refractivity contribution in [2.24, 2.45) is 0 Å². The Balaban J connectivity index is 1.77. The number of aliphatic hydroxyl groups is 1. The van der Waals surface area contributed by atoms with Gasteiger partial charge >= 0.3 is 11.9 Å². The maximum atomic E-state index is 14.1. The number of aromatic nitrogens is 1. The van der Waals surface area contributed by atoms with Crippen molar-refractivity contribution in [3.8, 4) is 11.1 Å². The van der Waals surface area contributed by atoms with Crippen molar-refractivity contribution in [2.75, 3.05) is 6.54 Å². The zero-order chi connectivity index (χ0) is 23.3. The molecule has 0 aliphatic carbocycles. The van der Waals surface area contributed by atoms with Crippen LogP contribution < -0.4 is 5.43 Å². The molecule has 0 aliphatic rings. The fraction of sp³-hybridized carbons (Fsp3) is 0.227. The molecule has 168 valence electrons. The molecular weight excluding hydrogens is 441 g/mol. The number of rotatable bonds is 9. The molecule has 3 N–H and O–H groups in total. The molecule has 1 aromatic heterocycles. The molecule has 1 amide bonds. The van der Waals surface area contributed by atoms with Crippen molar-refractivity contribution >= 4 is 23.5 Å². The lowest BCUT2D eigenvalue weighted by atomic mass is 10.0. The second kappa shape index (κ2) is 10.4. The number of carboxylic acids is 1. The molecular formula is C22H21ClFN3O5. The Bertz CT molecular complexity index is 1100. The summed E-state index contributed by atoms with van der Waals surface area (Å²) in [7, 11) is 0. The smallest absolute Gasteiger partial charge is 0.333 e. The van der Waals surface area contributed by atoms with E-state index in [-0.39, 0.29) is 18.8 Å². The number of hydrogen-bond acceptors (Lipinski definition) is 6. The topological polar surface area (TPSA) is 116 Å². The number of carboxylic acid groups (broad SMARTS) is 1. The molecule has 2 aromatic carbocycles. The highest BCUT2D eigenvalue weighted by Crippen LogP contribution is 2.26. The third-order valence-electron chi connectivity index (χ3n) is 4.65. The van der Waals surface area contributed by atoms with Gasteiger partial charge in [-0.15, -0.1) is 0 Å². The van der Waals surface area contributed by atoms with E-state index >= 15 is 0 Å². The number of hydrogen-bond donors (Lipinski definition) is 3. The summed E-state index contributed by atoms with van der Waals surface area (Å²) in [5, 5.41) is 24.2. The van der Waals surface area contributed by atoms with Crippen LogP contribution in [0.3, 0.4) is 0 Å². The van der Waals surface area contributed by atoms with Gasteiger partial charge in [0.2, 0.25) is 5.76 Å². The molecule has 0 spiro atoms. The number of nitrogens with one attached hydrogen (secondary N) is 1. The van der Waals surface area contributed by atoms with Crippen molar-refractivity contribution in [1.82, 2.24) is 15.6 Å². The van der Waals surface area contributed by atoms with Crippen molar-refractivity contribution < 1.29 is 28.7 Å². The van der Waals surface area contributed by atoms with Crippen LogP contribution in [0.25, 0.3) is 11.1 Å². The Labute approximate surface area is 188 Å². The van der Waals surface area contributed by atoms with Gasteiger partial charge in [0, 0.05) is 23.2 Å². The lowest BCUT2D eigenvalue weighted by molar-refractivity contribution is -0.148. The molecule has 3 aromatic rings. The summed E-state index contributed by atoms with van der Waals surface area (Å²) in [6.45, 7) is 1.55. The summed E-state index contributed by atoms with van der Waals surface area (Å²) in [5.41, 5.74) is 4.74. The number of halogens is 2. The van der Waals surface area contributed by atoms with Crippen molar-refractivity contribution in [3.05, 3.63) is 76.4 Å². The summed E-state index contributed by atoms with van der Waals surface area (Å²) < 4.78 is 19.1. The molecule has 1 heterocycles. The van der Waals surface area contributed by atoms with Gasteiger partial charge in [-0.25, -0.2) is 14.2 Å². The number of benzene rings is 2. The minimum Gasteiger partial charge on any atom is -0.479 e. The van der Waals surface area contributed by atoms with Gasteiger partial charge in [0.05, 0.1) is 12.2 Å². The molecule has 8 nitrogen and oxygen atoms in total. The van der Waals surface area contributed by atoms with E-state index in [1.165, 1.54) is 29.3 Å². The van der Waals surface area contributed by atoms with Crippen LogP contribution in [-0.4, -0.2) is 44.9 Å². The van der Waals surface area contributed by atoms with Crippen molar-refractivity contribution in [1.29, 1.82) is 0 Å². The Morgan fingerprint density at radius 2 is 1.94 bits per heavy atom. The molecule has 0 radical (unpaired) electrons. The Kier molecular flexibility index (Phi) is 7.57. The van der Waals surface area contributed by atoms with E-state index in [1.807, 2.05) is 6.92 Å². The number of nitrogens with zero attached hydrogens (tertiary/aromatic N) is 2. The first-order valence-corrected chi connectivity index (χ1v) is 10.1. The van der Waals surface area contributed by atoms with Crippen LogP contribution in [-0.2, 0) is 17.8 Å². The third-order valence-corrected chi connectivity index (χ3v) is 4.88. The van der Waals surface area contributed by atoms with E-state index in [0.717, 1.165) is 0 Å². The van der Waals surface area contributed by atoms with Crippen LogP contribution in [0.1, 0.15) is 28.7 Å². The number of aliphatic carboxylic acids is 1. The van der Waals surface area contributed by atoms with E-state index in [2.05, 4.69) is 10.6 Å². The molecule has 1 atom stereocenters. The highest BCUT2D eigenvalue weighted by atomic mass is 35.5. The Morgan fingerprint density at radius 1 is 1.22 bits per heavy atom. The second-order valence-electron chi connectivity index (χ2n) is 7.03. The van der Waals surface area contributed by atoms with Gasteiger partial charge in [-0.1, -0.05) is 47.9 Å². The van der Waals surface area contributed by atoms with E-state index in [0.29, 0.717) is 33.8 Å². The molecule has 1 unspecified atom stereocenters. The standard InChI is InChI=1S/C22H21ClFN3O5/c1-2-16-10-20(32-26-16)21(29)25-27(12-19(28)22(30)31)11-13-3-5-14(6-4-13)17-9-15(23)7-8-18(17)24/h3-10,19,28H,2,11-12H2,1H3,(H,25,29)(H,30,31). The van der Waals surface area contributed by atoms with Gasteiger partial charge < -0.3 is 14.7 Å². The number of carbonyl (C=O) groups excluding carboxylic acids is 1. The van der Waals surface area contributed by atoms with Crippen LogP contribution in [0.4, 0.5) is 4.39 Å². The van der Waals surface area contributed by atoms with Crippen LogP contribution in [0.15, 0.2) is 53.1 Å². The van der Waals surface area contributed by atoms with Gasteiger partial charge in [-0.2, -0.15) is 0 Å². The van der Waals surface area contributed by atoms with Crippen molar-refractivity contribution in [2.45, 2.75) is 26.0 Å². The van der Waals surface area contributed by atoms with Gasteiger partial charge in [0.1, 0.15) is 5.82 Å². The summed E-state index contributed by atoms with van der Waals surface area (Å²) in [6.07, 6.45) is -1.14. The highest BCUT2D eigenvalue weighted by Gasteiger charge is 2.22. The van der Waals surface area contributed by atoms with Crippen LogP contribution >= 0.6 is 11.6 Å². The third kappa shape index (κ3) is 5.91. The number of carbonyl (C=O) groups is 2. The summed E-state index contributed by atoms with van der Waals surface area (Å²) >= 11 is 5.95. The van der Waals surface area contributed by atoms with Crippen molar-refractivity contribution in [3.63, 3.8) is 0 Å². The zero-order valence-corrected chi connectivity index (χ0v) is 17.8. The Morgan fingerprint density at radius 3 is 2.56 bits per heavy atom. The predicted octanol–water partition coefficient (Wildman–Crippen LogP) is 3.29. The largest absolute Gasteiger partial charge is 0.479 e. The first-order chi connectivity index (χ1) is 15.3. The number of aryl methyl sites for hydroxylation is 1. The molecule has 0 saturated heterocycles. The minimum absolute atomic E-state index is 0.0385. The molecule has 10 heteroatoms. The lowest BCUT2D eigenvalue weighted by Gasteiger charge is -2.24. The minimum atomic E-state index is -1.73. The van der Waals surface area contributed by atoms with Gasteiger partial charge in [0.15, 0.2) is 6.10 Å². The van der Waals surface area contributed by atoms with E-state index in [4.69, 9.17) is 21.2 Å². The van der Waals surface area contributed by atoms with Crippen LogP contribution in [0.2, 0.25) is 5.02 Å². The average Bonchev–Trinajstić information content (AvgIpc) is 3.25. The van der Waals surface area contributed by atoms with Gasteiger partial charge in [-0.05, 0) is 35.7 Å². The molecule has 32 heavy (non-hydrogen) atoms. The molecule has 0 saturated carbocycles. The van der Waals surface area contributed by atoms with Crippen LogP contribution in [0, 0.1) is 5.82 Å². The van der Waals surface area contributed by atoms with Crippen LogP contribution in [0.5, 0.6) is 0 Å². The molecule has 0 aliphatic heterocycles. The van der Waals surface area contributed by atoms with Gasteiger partial charge in [-0.3, -0.25) is 10.2 Å². The number of amides is 1. The summed E-state index contributed by atoms with van der Waals surface area (Å²) in [6, 6.07) is 12.5. The first kappa shape index (κ1) is 23.4. The summed E-state index contributed by atoms with van der Waals surface area (Å²) in [4.78, 5) is 23.5. The molecule has 0 bridgehead atoms. The molecule has 0 fully saturated rings. The second-order valence-corrected chi connectivity index (χ2v) is 7.47. The number of hydrazine groups is 1. The maximum absolute atomic E-state index is 14.1. The normalized spacial score (nSPS) is 12.0. The Hall–Kier alpha value is -3.27. The average molecular weight is 462 g/mol. The fourth-order valence-corrected chi connectivity index (χ4v) is 3.12. The van der Waals surface area contributed by atoms with Gasteiger partial charge in [0.25, 0.3) is 0 Å². The van der Waals surface area contributed by atoms with E-state index < -0.39 is 23.8 Å². The SMILES string of the molecule is CCc1cc(C(=O)NN(Cc2ccc(-c3cc(Cl)ccc3F)cc2)CC(O)C(=O)O)on1. The summed E-state index contributed by atoms with van der Waals surface area (Å²) in [5.74, 6) is -2.51. The maximum Gasteiger partial charge on any atom is 0.333 e. The molecule has 3 rings (SSSR count). The van der Waals surface area contributed by atoms with E-state index in [9.17, 15) is 19.1 Å². The zero-order valence-electron chi connectivity index (χ0n) is 17.1. The predicted molar refractivity (Wildman–Crippen MR) is 114 cm³/mol. The van der Waals surface area contributed by atoms with E-state index in [1.54, 1.807) is 24.3 Å². The fourth-order valence-electron chi connectivity index (χ4n) is 2.95.